The highest BCUT2D eigenvalue weighted by Crippen LogP contribution is 2.16. The van der Waals surface area contributed by atoms with E-state index >= 15 is 0 Å². The zero-order valence-corrected chi connectivity index (χ0v) is 12.1. The Morgan fingerprint density at radius 1 is 1.20 bits per heavy atom. The van der Waals surface area contributed by atoms with Gasteiger partial charge < -0.3 is 9.88 Å². The molecule has 1 aliphatic rings. The first-order chi connectivity index (χ1) is 9.74. The second-order valence-electron chi connectivity index (χ2n) is 5.98. The molecule has 0 aliphatic carbocycles. The third-order valence-electron chi connectivity index (χ3n) is 4.41. The molecule has 1 N–H and O–H groups in total. The van der Waals surface area contributed by atoms with Gasteiger partial charge in [0.1, 0.15) is 0 Å². The second-order valence-corrected chi connectivity index (χ2v) is 5.98. The fraction of sp³-hybridized carbons (Fsp3) is 0.562. The number of aromatic amines is 1. The van der Waals surface area contributed by atoms with E-state index in [9.17, 15) is 4.79 Å². The van der Waals surface area contributed by atoms with Gasteiger partial charge in [0.2, 0.25) is 0 Å². The van der Waals surface area contributed by atoms with E-state index in [1.807, 2.05) is 28.8 Å². The van der Waals surface area contributed by atoms with Crippen molar-refractivity contribution in [2.75, 3.05) is 19.6 Å². The molecule has 0 spiro atoms. The van der Waals surface area contributed by atoms with Crippen LogP contribution in [-0.4, -0.2) is 34.1 Å². The van der Waals surface area contributed by atoms with E-state index in [0.29, 0.717) is 0 Å². The number of aromatic nitrogens is 2. The number of nitrogens with zero attached hydrogens (tertiary/aromatic N) is 2. The standard InChI is InChI=1S/C16H23N3O/c1-13-7-11-18(12-8-13)9-4-10-19-15-6-3-2-5-14(15)17-16(19)20/h2-3,5-6,13H,4,7-12H2,1H3,(H,17,20). The summed E-state index contributed by atoms with van der Waals surface area (Å²) in [7, 11) is 0. The highest BCUT2D eigenvalue weighted by Gasteiger charge is 2.15. The van der Waals surface area contributed by atoms with Gasteiger partial charge in [0, 0.05) is 6.54 Å². The largest absolute Gasteiger partial charge is 0.326 e. The smallest absolute Gasteiger partial charge is 0.306 e. The minimum absolute atomic E-state index is 0.0125. The molecule has 1 aliphatic heterocycles. The molecule has 0 bridgehead atoms. The Morgan fingerprint density at radius 2 is 1.95 bits per heavy atom. The highest BCUT2D eigenvalue weighted by molar-refractivity contribution is 5.74. The van der Waals surface area contributed by atoms with Crippen LogP contribution in [0, 0.1) is 5.92 Å². The number of benzene rings is 1. The number of likely N-dealkylation sites (tertiary alicyclic amines) is 1. The third kappa shape index (κ3) is 2.80. The Morgan fingerprint density at radius 3 is 2.75 bits per heavy atom. The first kappa shape index (κ1) is 13.4. The molecule has 2 heterocycles. The van der Waals surface area contributed by atoms with E-state index in [0.717, 1.165) is 36.5 Å². The summed E-state index contributed by atoms with van der Waals surface area (Å²) in [5.74, 6) is 0.877. The Hall–Kier alpha value is -1.55. The predicted molar refractivity (Wildman–Crippen MR) is 82.0 cm³/mol. The zero-order valence-electron chi connectivity index (χ0n) is 12.1. The fourth-order valence-corrected chi connectivity index (χ4v) is 3.07. The monoisotopic (exact) mass is 273 g/mol. The van der Waals surface area contributed by atoms with Gasteiger partial charge in [-0.1, -0.05) is 19.1 Å². The van der Waals surface area contributed by atoms with Gasteiger partial charge in [-0.3, -0.25) is 4.57 Å². The minimum atomic E-state index is 0.0125. The number of aryl methyl sites for hydroxylation is 1. The van der Waals surface area contributed by atoms with Gasteiger partial charge in [0.05, 0.1) is 11.0 Å². The molecule has 2 aromatic rings. The van der Waals surface area contributed by atoms with E-state index in [1.165, 1.54) is 25.9 Å². The molecule has 3 rings (SSSR count). The molecule has 0 amide bonds. The van der Waals surface area contributed by atoms with Gasteiger partial charge in [0.15, 0.2) is 0 Å². The number of H-pyrrole nitrogens is 1. The molecule has 0 atom stereocenters. The van der Waals surface area contributed by atoms with Crippen LogP contribution in [0.15, 0.2) is 29.1 Å². The molecule has 108 valence electrons. The molecular weight excluding hydrogens is 250 g/mol. The zero-order chi connectivity index (χ0) is 13.9. The number of hydrogen-bond donors (Lipinski definition) is 1. The number of imidazole rings is 1. The maximum atomic E-state index is 12.0. The number of fused-ring (bicyclic) bond motifs is 1. The molecule has 0 unspecified atom stereocenters. The number of nitrogens with one attached hydrogen (secondary N) is 1. The van der Waals surface area contributed by atoms with E-state index < -0.39 is 0 Å². The molecule has 1 aromatic carbocycles. The van der Waals surface area contributed by atoms with Crippen molar-refractivity contribution in [1.29, 1.82) is 0 Å². The van der Waals surface area contributed by atoms with Gasteiger partial charge in [-0.2, -0.15) is 0 Å². The lowest BCUT2D eigenvalue weighted by Crippen LogP contribution is -2.34. The van der Waals surface area contributed by atoms with E-state index in [2.05, 4.69) is 16.8 Å². The quantitative estimate of drug-likeness (QED) is 0.929. The van der Waals surface area contributed by atoms with Gasteiger partial charge in [-0.05, 0) is 56.9 Å². The molecule has 4 heteroatoms. The first-order valence-electron chi connectivity index (χ1n) is 7.64. The first-order valence-corrected chi connectivity index (χ1v) is 7.64. The molecule has 1 fully saturated rings. The summed E-state index contributed by atoms with van der Waals surface area (Å²) in [6, 6.07) is 7.91. The summed E-state index contributed by atoms with van der Waals surface area (Å²) >= 11 is 0. The summed E-state index contributed by atoms with van der Waals surface area (Å²) in [6.07, 6.45) is 3.66. The summed E-state index contributed by atoms with van der Waals surface area (Å²) in [6.45, 7) is 6.66. The van der Waals surface area contributed by atoms with E-state index in [-0.39, 0.29) is 5.69 Å². The Kier molecular flexibility index (Phi) is 3.92. The molecule has 0 radical (unpaired) electrons. The Bertz CT molecular complexity index is 620. The van der Waals surface area contributed by atoms with Crippen molar-refractivity contribution in [3.63, 3.8) is 0 Å². The summed E-state index contributed by atoms with van der Waals surface area (Å²) in [5, 5.41) is 0. The highest BCUT2D eigenvalue weighted by atomic mass is 16.1. The molecular formula is C16H23N3O. The van der Waals surface area contributed by atoms with Crippen molar-refractivity contribution < 1.29 is 0 Å². The van der Waals surface area contributed by atoms with Crippen LogP contribution in [0.5, 0.6) is 0 Å². The van der Waals surface area contributed by atoms with Crippen LogP contribution >= 0.6 is 0 Å². The SMILES string of the molecule is CC1CCN(CCCn2c(=O)[nH]c3ccccc32)CC1. The van der Waals surface area contributed by atoms with Gasteiger partial charge >= 0.3 is 5.69 Å². The number of piperidine rings is 1. The van der Waals surface area contributed by atoms with Crippen molar-refractivity contribution in [2.24, 2.45) is 5.92 Å². The number of para-hydroxylation sites is 2. The summed E-state index contributed by atoms with van der Waals surface area (Å²) in [4.78, 5) is 17.4. The lowest BCUT2D eigenvalue weighted by molar-refractivity contribution is 0.188. The normalized spacial score (nSPS) is 17.9. The molecule has 4 nitrogen and oxygen atoms in total. The van der Waals surface area contributed by atoms with Gasteiger partial charge in [-0.25, -0.2) is 4.79 Å². The van der Waals surface area contributed by atoms with Crippen LogP contribution in [0.1, 0.15) is 26.2 Å². The van der Waals surface area contributed by atoms with Crippen LogP contribution < -0.4 is 5.69 Å². The van der Waals surface area contributed by atoms with Crippen molar-refractivity contribution in [1.82, 2.24) is 14.5 Å². The van der Waals surface area contributed by atoms with Gasteiger partial charge in [-0.15, -0.1) is 0 Å². The lowest BCUT2D eigenvalue weighted by Gasteiger charge is -2.30. The van der Waals surface area contributed by atoms with Crippen LogP contribution in [0.25, 0.3) is 11.0 Å². The van der Waals surface area contributed by atoms with Crippen LogP contribution in [0.4, 0.5) is 0 Å². The van der Waals surface area contributed by atoms with Crippen LogP contribution in [0.2, 0.25) is 0 Å². The molecule has 0 saturated carbocycles. The lowest BCUT2D eigenvalue weighted by atomic mass is 9.99. The maximum Gasteiger partial charge on any atom is 0.326 e. The van der Waals surface area contributed by atoms with Crippen LogP contribution in [0.3, 0.4) is 0 Å². The average molecular weight is 273 g/mol. The van der Waals surface area contributed by atoms with E-state index in [4.69, 9.17) is 0 Å². The topological polar surface area (TPSA) is 41.0 Å². The Labute approximate surface area is 119 Å². The predicted octanol–water partition coefficient (Wildman–Crippen LogP) is 2.45. The molecule has 1 aromatic heterocycles. The number of hydrogen-bond acceptors (Lipinski definition) is 2. The Balaban J connectivity index is 1.60. The van der Waals surface area contributed by atoms with E-state index in [1.54, 1.807) is 0 Å². The maximum absolute atomic E-state index is 12.0. The van der Waals surface area contributed by atoms with Crippen molar-refractivity contribution in [3.05, 3.63) is 34.7 Å². The average Bonchev–Trinajstić information content (AvgIpc) is 2.77. The number of rotatable bonds is 4. The summed E-state index contributed by atoms with van der Waals surface area (Å²) in [5.41, 5.74) is 1.97. The molecule has 1 saturated heterocycles. The minimum Gasteiger partial charge on any atom is -0.306 e. The van der Waals surface area contributed by atoms with Crippen molar-refractivity contribution >= 4 is 11.0 Å². The van der Waals surface area contributed by atoms with Gasteiger partial charge in [0.25, 0.3) is 0 Å². The van der Waals surface area contributed by atoms with Crippen molar-refractivity contribution in [2.45, 2.75) is 32.7 Å². The third-order valence-corrected chi connectivity index (χ3v) is 4.41. The fourth-order valence-electron chi connectivity index (χ4n) is 3.07. The molecule has 20 heavy (non-hydrogen) atoms. The summed E-state index contributed by atoms with van der Waals surface area (Å²) < 4.78 is 1.86. The second kappa shape index (κ2) is 5.83. The van der Waals surface area contributed by atoms with Crippen molar-refractivity contribution in [3.8, 4) is 0 Å². The van der Waals surface area contributed by atoms with Crippen LogP contribution in [-0.2, 0) is 6.54 Å².